The minimum Gasteiger partial charge on any atom is -0.505 e. The lowest BCUT2D eigenvalue weighted by Gasteiger charge is -2.08. The Kier molecular flexibility index (Phi) is 2.68. The van der Waals surface area contributed by atoms with E-state index >= 15 is 0 Å². The van der Waals surface area contributed by atoms with Gasteiger partial charge in [0.25, 0.3) is 0 Å². The molecule has 0 fully saturated rings. The number of rotatable bonds is 1. The van der Waals surface area contributed by atoms with Crippen molar-refractivity contribution < 1.29 is 5.11 Å². The first kappa shape index (κ1) is 11.7. The van der Waals surface area contributed by atoms with Gasteiger partial charge >= 0.3 is 0 Å². The van der Waals surface area contributed by atoms with E-state index in [0.717, 1.165) is 5.56 Å². The van der Waals surface area contributed by atoms with Crippen LogP contribution in [0.4, 0.5) is 5.82 Å². The summed E-state index contributed by atoms with van der Waals surface area (Å²) in [7, 11) is 0. The van der Waals surface area contributed by atoms with Gasteiger partial charge in [-0.25, -0.2) is 9.97 Å². The first-order chi connectivity index (χ1) is 9.16. The lowest BCUT2D eigenvalue weighted by molar-refractivity contribution is 0.479. The van der Waals surface area contributed by atoms with E-state index in [1.165, 1.54) is 12.5 Å². The number of hydrogen-bond acceptors (Lipinski definition) is 5. The molecule has 0 atom stereocenters. The Balaban J connectivity index is 2.37. The van der Waals surface area contributed by atoms with Gasteiger partial charge in [-0.1, -0.05) is 23.7 Å². The lowest BCUT2D eigenvalue weighted by Crippen LogP contribution is -1.96. The normalized spacial score (nSPS) is 10.8. The smallest absolute Gasteiger partial charge is 0.147 e. The molecule has 0 bridgehead atoms. The summed E-state index contributed by atoms with van der Waals surface area (Å²) >= 11 is 5.97. The molecular weight excluding hydrogens is 264 g/mol. The van der Waals surface area contributed by atoms with E-state index in [-0.39, 0.29) is 11.6 Å². The highest BCUT2D eigenvalue weighted by atomic mass is 35.5. The minimum atomic E-state index is -0.0427. The van der Waals surface area contributed by atoms with Crippen molar-refractivity contribution in [3.05, 3.63) is 41.8 Å². The summed E-state index contributed by atoms with van der Waals surface area (Å²) < 4.78 is 0. The van der Waals surface area contributed by atoms with Crippen LogP contribution in [0, 0.1) is 0 Å². The molecular formula is C13H9ClN4O. The summed E-state index contributed by atoms with van der Waals surface area (Å²) in [5.74, 6) is 0.173. The molecule has 3 aromatic rings. The number of nitrogen functional groups attached to an aromatic ring is 1. The molecule has 2 aromatic heterocycles. The van der Waals surface area contributed by atoms with Crippen LogP contribution < -0.4 is 5.73 Å². The van der Waals surface area contributed by atoms with Crippen molar-refractivity contribution in [1.82, 2.24) is 15.0 Å². The van der Waals surface area contributed by atoms with E-state index in [1.54, 1.807) is 12.1 Å². The molecule has 6 heteroatoms. The van der Waals surface area contributed by atoms with Crippen LogP contribution in [0.3, 0.4) is 0 Å². The molecule has 0 radical (unpaired) electrons. The zero-order valence-corrected chi connectivity index (χ0v) is 10.5. The molecule has 1 aromatic carbocycles. The Morgan fingerprint density at radius 3 is 2.79 bits per heavy atom. The number of anilines is 1. The van der Waals surface area contributed by atoms with Crippen molar-refractivity contribution >= 4 is 28.3 Å². The maximum absolute atomic E-state index is 9.83. The number of aromatic hydroxyl groups is 1. The van der Waals surface area contributed by atoms with Gasteiger partial charge in [0.15, 0.2) is 0 Å². The molecule has 94 valence electrons. The van der Waals surface area contributed by atoms with Crippen molar-refractivity contribution in [3.63, 3.8) is 0 Å². The number of nitrogens with zero attached hydrogens (tertiary/aromatic N) is 3. The predicted molar refractivity (Wildman–Crippen MR) is 73.9 cm³/mol. The predicted octanol–water partition coefficient (Wildman–Crippen LogP) is 2.63. The van der Waals surface area contributed by atoms with Crippen LogP contribution in [0.25, 0.3) is 22.2 Å². The Hall–Kier alpha value is -2.40. The van der Waals surface area contributed by atoms with Gasteiger partial charge in [0, 0.05) is 10.6 Å². The van der Waals surface area contributed by atoms with Gasteiger partial charge in [0.2, 0.25) is 0 Å². The molecule has 0 amide bonds. The summed E-state index contributed by atoms with van der Waals surface area (Å²) in [6.07, 6.45) is 2.67. The first-order valence-corrected chi connectivity index (χ1v) is 5.88. The third kappa shape index (κ3) is 1.94. The van der Waals surface area contributed by atoms with E-state index in [0.29, 0.717) is 21.6 Å². The van der Waals surface area contributed by atoms with Crippen molar-refractivity contribution in [2.24, 2.45) is 0 Å². The van der Waals surface area contributed by atoms with E-state index in [2.05, 4.69) is 15.0 Å². The second-order valence-electron chi connectivity index (χ2n) is 3.98. The number of fused-ring (bicyclic) bond motifs is 1. The van der Waals surface area contributed by atoms with Crippen LogP contribution in [-0.4, -0.2) is 20.1 Å². The van der Waals surface area contributed by atoms with Crippen LogP contribution in [0.1, 0.15) is 0 Å². The molecule has 0 aliphatic carbocycles. The Bertz CT molecular complexity index is 767. The molecule has 0 saturated heterocycles. The van der Waals surface area contributed by atoms with Gasteiger partial charge in [0.1, 0.15) is 23.4 Å². The maximum Gasteiger partial charge on any atom is 0.147 e. The van der Waals surface area contributed by atoms with Gasteiger partial charge in [-0.3, -0.25) is 4.98 Å². The first-order valence-electron chi connectivity index (χ1n) is 5.51. The number of benzene rings is 1. The summed E-state index contributed by atoms with van der Waals surface area (Å²) in [5.41, 5.74) is 7.67. The summed E-state index contributed by atoms with van der Waals surface area (Å²) in [5, 5.41) is 10.8. The molecule has 0 aliphatic heterocycles. The van der Waals surface area contributed by atoms with Crippen molar-refractivity contribution in [2.45, 2.75) is 0 Å². The Morgan fingerprint density at radius 1 is 1.16 bits per heavy atom. The highest BCUT2D eigenvalue weighted by molar-refractivity contribution is 6.30. The Morgan fingerprint density at radius 2 is 2.00 bits per heavy atom. The fraction of sp³-hybridized carbons (Fsp3) is 0. The zero-order valence-electron chi connectivity index (χ0n) is 9.71. The number of pyridine rings is 1. The summed E-state index contributed by atoms with van der Waals surface area (Å²) in [4.78, 5) is 12.2. The van der Waals surface area contributed by atoms with Gasteiger partial charge < -0.3 is 10.8 Å². The van der Waals surface area contributed by atoms with Crippen molar-refractivity contribution in [2.75, 3.05) is 5.73 Å². The lowest BCUT2D eigenvalue weighted by atomic mass is 10.1. The van der Waals surface area contributed by atoms with Crippen molar-refractivity contribution in [1.29, 1.82) is 0 Å². The quantitative estimate of drug-likeness (QED) is 0.711. The topological polar surface area (TPSA) is 84.9 Å². The second-order valence-corrected chi connectivity index (χ2v) is 4.42. The molecule has 0 unspecified atom stereocenters. The van der Waals surface area contributed by atoms with Crippen LogP contribution >= 0.6 is 11.6 Å². The number of nitrogens with two attached hydrogens (primary N) is 1. The molecule has 0 aliphatic rings. The summed E-state index contributed by atoms with van der Waals surface area (Å²) in [6, 6.07) is 7.24. The van der Waals surface area contributed by atoms with Crippen molar-refractivity contribution in [3.8, 4) is 17.0 Å². The summed E-state index contributed by atoms with van der Waals surface area (Å²) in [6.45, 7) is 0. The number of hydrogen-bond donors (Lipinski definition) is 2. The standard InChI is InChI=1S/C13H9ClN4O/c14-8-3-1-2-7(4-8)11-12-10(9(19)5-16-11)13(15)18-6-17-12/h1-6,19H,(H2,15,17,18). The van der Waals surface area contributed by atoms with Gasteiger partial charge in [-0.15, -0.1) is 0 Å². The van der Waals surface area contributed by atoms with E-state index in [9.17, 15) is 5.11 Å². The van der Waals surface area contributed by atoms with E-state index < -0.39 is 0 Å². The number of halogens is 1. The van der Waals surface area contributed by atoms with Gasteiger partial charge in [0.05, 0.1) is 17.3 Å². The third-order valence-corrected chi connectivity index (χ3v) is 3.01. The highest BCUT2D eigenvalue weighted by Gasteiger charge is 2.13. The van der Waals surface area contributed by atoms with Crippen LogP contribution in [0.2, 0.25) is 5.02 Å². The Labute approximate surface area is 113 Å². The minimum absolute atomic E-state index is 0.0427. The molecule has 0 saturated carbocycles. The molecule has 3 N–H and O–H groups in total. The SMILES string of the molecule is Nc1ncnc2c(-c3cccc(Cl)c3)ncc(O)c12. The molecule has 0 spiro atoms. The number of aromatic nitrogens is 3. The molecule has 2 heterocycles. The largest absolute Gasteiger partial charge is 0.505 e. The molecule has 19 heavy (non-hydrogen) atoms. The van der Waals surface area contributed by atoms with Crippen LogP contribution in [0.5, 0.6) is 5.75 Å². The average Bonchev–Trinajstić information content (AvgIpc) is 2.39. The second kappa shape index (κ2) is 4.37. The van der Waals surface area contributed by atoms with E-state index in [4.69, 9.17) is 17.3 Å². The van der Waals surface area contributed by atoms with Gasteiger partial charge in [-0.05, 0) is 12.1 Å². The average molecular weight is 273 g/mol. The monoisotopic (exact) mass is 272 g/mol. The zero-order chi connectivity index (χ0) is 13.4. The van der Waals surface area contributed by atoms with Crippen LogP contribution in [0.15, 0.2) is 36.8 Å². The third-order valence-electron chi connectivity index (χ3n) is 2.77. The fourth-order valence-electron chi connectivity index (χ4n) is 1.93. The highest BCUT2D eigenvalue weighted by Crippen LogP contribution is 2.33. The molecule has 5 nitrogen and oxygen atoms in total. The molecule has 3 rings (SSSR count). The maximum atomic E-state index is 9.83. The van der Waals surface area contributed by atoms with Gasteiger partial charge in [-0.2, -0.15) is 0 Å². The van der Waals surface area contributed by atoms with E-state index in [1.807, 2.05) is 12.1 Å². The fourth-order valence-corrected chi connectivity index (χ4v) is 2.12. The van der Waals surface area contributed by atoms with Crippen LogP contribution in [-0.2, 0) is 0 Å².